The number of anilines is 2. The van der Waals surface area contributed by atoms with E-state index in [0.29, 0.717) is 5.75 Å². The number of hydrogen-bond acceptors (Lipinski definition) is 6. The number of aliphatic hydroxyl groups is 1. The number of piperazine rings is 1. The molecule has 3 heterocycles. The van der Waals surface area contributed by atoms with Crippen LogP contribution in [0.5, 0.6) is 0 Å². The van der Waals surface area contributed by atoms with Crippen molar-refractivity contribution in [1.29, 1.82) is 0 Å². The van der Waals surface area contributed by atoms with Gasteiger partial charge in [-0.2, -0.15) is 0 Å². The molecule has 2 N–H and O–H groups in total. The second-order valence-electron chi connectivity index (χ2n) is 7.27. The zero-order valence-corrected chi connectivity index (χ0v) is 16.7. The largest absolute Gasteiger partial charge is 0.388 e. The van der Waals surface area contributed by atoms with Crippen molar-refractivity contribution in [2.75, 3.05) is 48.7 Å². The lowest BCUT2D eigenvalue weighted by molar-refractivity contribution is -0.113. The summed E-state index contributed by atoms with van der Waals surface area (Å²) in [4.78, 5) is 21.8. The number of benzene rings is 1. The Balaban J connectivity index is 1.22. The van der Waals surface area contributed by atoms with Crippen LogP contribution in [0, 0.1) is 0 Å². The summed E-state index contributed by atoms with van der Waals surface area (Å²) in [5, 5.41) is 13.4. The molecule has 0 bridgehead atoms. The number of carbonyl (C=O) groups is 1. The summed E-state index contributed by atoms with van der Waals surface area (Å²) < 4.78 is 0. The molecule has 7 heteroatoms. The van der Waals surface area contributed by atoms with Gasteiger partial charge in [-0.1, -0.05) is 12.1 Å². The van der Waals surface area contributed by atoms with E-state index < -0.39 is 6.10 Å². The number of rotatable bonds is 6. The van der Waals surface area contributed by atoms with E-state index >= 15 is 0 Å². The quantitative estimate of drug-likeness (QED) is 0.780. The zero-order chi connectivity index (χ0) is 19.3. The van der Waals surface area contributed by atoms with Gasteiger partial charge in [0.15, 0.2) is 0 Å². The van der Waals surface area contributed by atoms with Gasteiger partial charge in [0, 0.05) is 37.3 Å². The van der Waals surface area contributed by atoms with Gasteiger partial charge in [0.2, 0.25) is 5.91 Å². The molecule has 2 aliphatic rings. The molecule has 6 nitrogen and oxygen atoms in total. The van der Waals surface area contributed by atoms with Crippen molar-refractivity contribution in [2.45, 2.75) is 23.8 Å². The molecule has 2 aliphatic heterocycles. The Bertz CT molecular complexity index is 809. The highest BCUT2D eigenvalue weighted by Crippen LogP contribution is 2.34. The third-order valence-corrected chi connectivity index (χ3v) is 6.39. The second-order valence-corrected chi connectivity index (χ2v) is 8.28. The van der Waals surface area contributed by atoms with Crippen molar-refractivity contribution in [3.63, 3.8) is 0 Å². The number of hydrogen-bond donors (Lipinski definition) is 2. The van der Waals surface area contributed by atoms with Crippen LogP contribution in [0.1, 0.15) is 24.5 Å². The van der Waals surface area contributed by atoms with E-state index in [-0.39, 0.29) is 5.91 Å². The minimum Gasteiger partial charge on any atom is -0.388 e. The zero-order valence-electron chi connectivity index (χ0n) is 15.9. The van der Waals surface area contributed by atoms with Crippen LogP contribution in [-0.2, 0) is 4.79 Å². The lowest BCUT2D eigenvalue weighted by Gasteiger charge is -2.35. The molecule has 2 aromatic rings. The van der Waals surface area contributed by atoms with E-state index in [0.717, 1.165) is 67.5 Å². The molecule has 1 amide bonds. The molecule has 28 heavy (non-hydrogen) atoms. The molecule has 0 radical (unpaired) electrons. The molecular weight excluding hydrogens is 372 g/mol. The van der Waals surface area contributed by atoms with E-state index in [2.05, 4.69) is 26.2 Å². The number of carbonyl (C=O) groups excluding carboxylic acids is 1. The van der Waals surface area contributed by atoms with Crippen molar-refractivity contribution in [2.24, 2.45) is 0 Å². The summed E-state index contributed by atoms with van der Waals surface area (Å²) in [7, 11) is 0. The van der Waals surface area contributed by atoms with Crippen molar-refractivity contribution in [1.82, 2.24) is 9.88 Å². The Kier molecular flexibility index (Phi) is 6.14. The highest BCUT2D eigenvalue weighted by molar-refractivity contribution is 8.00. The van der Waals surface area contributed by atoms with Crippen LogP contribution in [0.3, 0.4) is 0 Å². The van der Waals surface area contributed by atoms with Gasteiger partial charge in [0.1, 0.15) is 5.82 Å². The molecule has 148 valence electrons. The Hall–Kier alpha value is -2.09. The van der Waals surface area contributed by atoms with E-state index in [4.69, 9.17) is 0 Å². The maximum atomic E-state index is 11.6. The Morgan fingerprint density at radius 2 is 2.04 bits per heavy atom. The third kappa shape index (κ3) is 4.66. The van der Waals surface area contributed by atoms with Crippen LogP contribution in [0.2, 0.25) is 0 Å². The number of amides is 1. The number of aromatic nitrogens is 1. The molecule has 0 spiro atoms. The van der Waals surface area contributed by atoms with Gasteiger partial charge in [0.05, 0.1) is 17.5 Å². The van der Waals surface area contributed by atoms with Crippen LogP contribution in [-0.4, -0.2) is 59.4 Å². The first-order chi connectivity index (χ1) is 13.7. The Morgan fingerprint density at radius 3 is 2.82 bits per heavy atom. The highest BCUT2D eigenvalue weighted by atomic mass is 32.2. The minimum absolute atomic E-state index is 0.0222. The summed E-state index contributed by atoms with van der Waals surface area (Å²) >= 11 is 1.54. The van der Waals surface area contributed by atoms with Gasteiger partial charge >= 0.3 is 0 Å². The molecule has 0 aliphatic carbocycles. The molecule has 1 unspecified atom stereocenters. The summed E-state index contributed by atoms with van der Waals surface area (Å²) in [6, 6.07) is 11.9. The highest BCUT2D eigenvalue weighted by Gasteiger charge is 2.19. The molecule has 1 aromatic carbocycles. The predicted molar refractivity (Wildman–Crippen MR) is 113 cm³/mol. The van der Waals surface area contributed by atoms with Crippen molar-refractivity contribution in [3.8, 4) is 0 Å². The van der Waals surface area contributed by atoms with Crippen LogP contribution < -0.4 is 10.2 Å². The number of pyridine rings is 1. The van der Waals surface area contributed by atoms with Gasteiger partial charge in [-0.3, -0.25) is 9.69 Å². The second kappa shape index (κ2) is 8.94. The first-order valence-corrected chi connectivity index (χ1v) is 10.8. The number of fused-ring (bicyclic) bond motifs is 1. The summed E-state index contributed by atoms with van der Waals surface area (Å²) in [6.45, 7) is 5.01. The molecule has 1 atom stereocenters. The standard InChI is InChI=1S/C21H26N4O2S/c26-18(16-6-7-19-17(14-16)23-21(27)15-28-19)4-3-9-24-10-12-25(13-11-24)20-5-1-2-8-22-20/h1-2,5-8,14,18,26H,3-4,9-13,15H2,(H,23,27). The fraction of sp³-hybridized carbons (Fsp3) is 0.429. The fourth-order valence-corrected chi connectivity index (χ4v) is 4.51. The third-order valence-electron chi connectivity index (χ3n) is 5.32. The smallest absolute Gasteiger partial charge is 0.234 e. The average Bonchev–Trinajstić information content (AvgIpc) is 2.74. The summed E-state index contributed by atoms with van der Waals surface area (Å²) in [5.41, 5.74) is 1.70. The first-order valence-electron chi connectivity index (χ1n) is 9.82. The van der Waals surface area contributed by atoms with Gasteiger partial charge < -0.3 is 15.3 Å². The normalized spacial score (nSPS) is 18.5. The predicted octanol–water partition coefficient (Wildman–Crippen LogP) is 2.76. The Labute approximate surface area is 169 Å². The van der Waals surface area contributed by atoms with Gasteiger partial charge in [-0.05, 0) is 49.2 Å². The maximum Gasteiger partial charge on any atom is 0.234 e. The topological polar surface area (TPSA) is 68.7 Å². The van der Waals surface area contributed by atoms with Crippen LogP contribution in [0.25, 0.3) is 0 Å². The SMILES string of the molecule is O=C1CSc2ccc(C(O)CCCN3CCN(c4ccccn4)CC3)cc2N1. The van der Waals surface area contributed by atoms with Crippen LogP contribution in [0.4, 0.5) is 11.5 Å². The van der Waals surface area contributed by atoms with E-state index in [1.165, 1.54) is 0 Å². The van der Waals surface area contributed by atoms with Crippen molar-refractivity contribution < 1.29 is 9.90 Å². The average molecular weight is 399 g/mol. The summed E-state index contributed by atoms with van der Waals surface area (Å²) in [5.74, 6) is 1.53. The number of aliphatic hydroxyl groups excluding tert-OH is 1. The fourth-order valence-electron chi connectivity index (χ4n) is 3.72. The van der Waals surface area contributed by atoms with Crippen molar-refractivity contribution >= 4 is 29.2 Å². The van der Waals surface area contributed by atoms with E-state index in [1.807, 2.05) is 36.5 Å². The number of nitrogens with one attached hydrogen (secondary N) is 1. The first kappa shape index (κ1) is 19.2. The maximum absolute atomic E-state index is 11.6. The molecule has 1 aromatic heterocycles. The number of thioether (sulfide) groups is 1. The monoisotopic (exact) mass is 398 g/mol. The van der Waals surface area contributed by atoms with Gasteiger partial charge in [0.25, 0.3) is 0 Å². The lowest BCUT2D eigenvalue weighted by Crippen LogP contribution is -2.46. The minimum atomic E-state index is -0.496. The van der Waals surface area contributed by atoms with E-state index in [1.54, 1.807) is 11.8 Å². The van der Waals surface area contributed by atoms with Crippen LogP contribution >= 0.6 is 11.8 Å². The lowest BCUT2D eigenvalue weighted by atomic mass is 10.0. The van der Waals surface area contributed by atoms with Gasteiger partial charge in [-0.25, -0.2) is 4.98 Å². The van der Waals surface area contributed by atoms with Gasteiger partial charge in [-0.15, -0.1) is 11.8 Å². The Morgan fingerprint density at radius 1 is 1.18 bits per heavy atom. The van der Waals surface area contributed by atoms with Crippen molar-refractivity contribution in [3.05, 3.63) is 48.2 Å². The number of nitrogens with zero attached hydrogens (tertiary/aromatic N) is 3. The summed E-state index contributed by atoms with van der Waals surface area (Å²) in [6.07, 6.45) is 3.01. The molecule has 4 rings (SSSR count). The molecule has 1 fully saturated rings. The molecule has 1 saturated heterocycles. The van der Waals surface area contributed by atoms with Crippen LogP contribution in [0.15, 0.2) is 47.5 Å². The molecular formula is C21H26N4O2S. The molecule has 0 saturated carbocycles. The van der Waals surface area contributed by atoms with E-state index in [9.17, 15) is 9.90 Å².